The molecular formula is C9H17N. The maximum atomic E-state index is 4.22. The number of unbranched alkanes of at least 4 members (excludes halogenated alkanes) is 1. The smallest absolute Gasteiger partial charge is 0.0357 e. The monoisotopic (exact) mass is 139 g/mol. The summed E-state index contributed by atoms with van der Waals surface area (Å²) < 4.78 is 0. The molecule has 58 valence electrons. The van der Waals surface area contributed by atoms with Crippen molar-refractivity contribution in [3.63, 3.8) is 0 Å². The van der Waals surface area contributed by atoms with E-state index in [1.54, 1.807) is 0 Å². The Labute approximate surface area is 63.9 Å². The Kier molecular flexibility index (Phi) is 6.14. The van der Waals surface area contributed by atoms with Crippen molar-refractivity contribution in [2.75, 3.05) is 0 Å². The highest BCUT2D eigenvalue weighted by molar-refractivity contribution is 5.55. The van der Waals surface area contributed by atoms with Crippen LogP contribution in [0.5, 0.6) is 0 Å². The van der Waals surface area contributed by atoms with E-state index >= 15 is 0 Å². The van der Waals surface area contributed by atoms with Crippen molar-refractivity contribution in [3.05, 3.63) is 11.8 Å². The summed E-state index contributed by atoms with van der Waals surface area (Å²) in [7, 11) is 0. The highest BCUT2D eigenvalue weighted by Crippen LogP contribution is 2.03. The van der Waals surface area contributed by atoms with E-state index in [1.165, 1.54) is 12.1 Å². The minimum Gasteiger partial charge on any atom is -0.266 e. The largest absolute Gasteiger partial charge is 0.266 e. The summed E-state index contributed by atoms with van der Waals surface area (Å²) in [4.78, 5) is 4.22. The number of aliphatic imine (C=N–C) groups is 1. The van der Waals surface area contributed by atoms with Crippen LogP contribution in [0.2, 0.25) is 0 Å². The second-order valence-corrected chi connectivity index (χ2v) is 2.22. The van der Waals surface area contributed by atoms with Gasteiger partial charge in [-0.1, -0.05) is 26.3 Å². The van der Waals surface area contributed by atoms with E-state index in [2.05, 4.69) is 24.9 Å². The zero-order valence-electron chi connectivity index (χ0n) is 7.22. The zero-order valence-corrected chi connectivity index (χ0v) is 7.22. The number of nitrogens with zero attached hydrogens (tertiary/aromatic N) is 1. The SMILES string of the molecule is CC=N/C(=C/CCC)CC. The molecule has 0 fully saturated rings. The fourth-order valence-electron chi connectivity index (χ4n) is 0.765. The topological polar surface area (TPSA) is 12.4 Å². The van der Waals surface area contributed by atoms with Crippen molar-refractivity contribution in [3.8, 4) is 0 Å². The van der Waals surface area contributed by atoms with Gasteiger partial charge in [-0.2, -0.15) is 0 Å². The third-order valence-electron chi connectivity index (χ3n) is 1.33. The molecule has 0 aliphatic rings. The molecule has 0 aromatic rings. The van der Waals surface area contributed by atoms with Gasteiger partial charge in [0.2, 0.25) is 0 Å². The fraction of sp³-hybridized carbons (Fsp3) is 0.667. The van der Waals surface area contributed by atoms with Gasteiger partial charge < -0.3 is 0 Å². The third kappa shape index (κ3) is 4.30. The van der Waals surface area contributed by atoms with Crippen molar-refractivity contribution < 1.29 is 0 Å². The molecule has 0 bridgehead atoms. The maximum Gasteiger partial charge on any atom is 0.0357 e. The molecule has 1 heteroatoms. The van der Waals surface area contributed by atoms with E-state index in [0.717, 1.165) is 12.8 Å². The van der Waals surface area contributed by atoms with E-state index in [4.69, 9.17) is 0 Å². The van der Waals surface area contributed by atoms with Gasteiger partial charge in [0.05, 0.1) is 0 Å². The summed E-state index contributed by atoms with van der Waals surface area (Å²) in [5, 5.41) is 0. The minimum atomic E-state index is 1.05. The molecule has 0 unspecified atom stereocenters. The Hall–Kier alpha value is -0.590. The lowest BCUT2D eigenvalue weighted by Gasteiger charge is -1.94. The Balaban J connectivity index is 3.78. The molecule has 0 radical (unpaired) electrons. The van der Waals surface area contributed by atoms with E-state index in [9.17, 15) is 0 Å². The molecular weight excluding hydrogens is 122 g/mol. The molecule has 0 amide bonds. The van der Waals surface area contributed by atoms with Crippen LogP contribution in [0.25, 0.3) is 0 Å². The summed E-state index contributed by atoms with van der Waals surface area (Å²) in [5.41, 5.74) is 1.21. The Bertz CT molecular complexity index is 123. The molecule has 0 heterocycles. The van der Waals surface area contributed by atoms with E-state index < -0.39 is 0 Å². The lowest BCUT2D eigenvalue weighted by Crippen LogP contribution is -1.75. The number of rotatable bonds is 4. The molecule has 0 saturated heterocycles. The number of hydrogen-bond acceptors (Lipinski definition) is 1. The van der Waals surface area contributed by atoms with Crippen LogP contribution in [0, 0.1) is 0 Å². The first-order chi connectivity index (χ1) is 4.85. The molecule has 0 saturated carbocycles. The Morgan fingerprint density at radius 3 is 2.50 bits per heavy atom. The maximum absolute atomic E-state index is 4.22. The van der Waals surface area contributed by atoms with Crippen LogP contribution in [0.4, 0.5) is 0 Å². The van der Waals surface area contributed by atoms with Gasteiger partial charge in [0.25, 0.3) is 0 Å². The van der Waals surface area contributed by atoms with Gasteiger partial charge in [0, 0.05) is 11.9 Å². The summed E-state index contributed by atoms with van der Waals surface area (Å²) in [6.45, 7) is 6.27. The van der Waals surface area contributed by atoms with Gasteiger partial charge in [-0.25, -0.2) is 0 Å². The first-order valence-corrected chi connectivity index (χ1v) is 4.02. The van der Waals surface area contributed by atoms with Gasteiger partial charge in [0.15, 0.2) is 0 Å². The molecule has 10 heavy (non-hydrogen) atoms. The molecule has 0 aliphatic carbocycles. The van der Waals surface area contributed by atoms with Crippen LogP contribution >= 0.6 is 0 Å². The standard InChI is InChI=1S/C9H17N/c1-4-7-8-9(5-2)10-6-3/h6,8H,4-5,7H2,1-3H3/b9-8+,10-6?. The lowest BCUT2D eigenvalue weighted by atomic mass is 10.2. The Morgan fingerprint density at radius 1 is 1.40 bits per heavy atom. The van der Waals surface area contributed by atoms with E-state index in [0.29, 0.717) is 0 Å². The average Bonchev–Trinajstić information content (AvgIpc) is 1.98. The molecule has 0 spiro atoms. The number of allylic oxidation sites excluding steroid dienone is 2. The third-order valence-corrected chi connectivity index (χ3v) is 1.33. The van der Waals surface area contributed by atoms with Crippen molar-refractivity contribution in [2.45, 2.75) is 40.0 Å². The predicted molar refractivity (Wildman–Crippen MR) is 47.4 cm³/mol. The first kappa shape index (κ1) is 9.41. The van der Waals surface area contributed by atoms with Crippen LogP contribution in [0.3, 0.4) is 0 Å². The highest BCUT2D eigenvalue weighted by Gasteiger charge is 1.85. The van der Waals surface area contributed by atoms with E-state index in [-0.39, 0.29) is 0 Å². The van der Waals surface area contributed by atoms with Gasteiger partial charge in [-0.15, -0.1) is 0 Å². The average molecular weight is 139 g/mol. The number of hydrogen-bond donors (Lipinski definition) is 0. The lowest BCUT2D eigenvalue weighted by molar-refractivity contribution is 0.928. The van der Waals surface area contributed by atoms with Gasteiger partial charge in [-0.3, -0.25) is 4.99 Å². The normalized spacial score (nSPS) is 12.9. The van der Waals surface area contributed by atoms with Crippen LogP contribution < -0.4 is 0 Å². The van der Waals surface area contributed by atoms with Crippen molar-refractivity contribution >= 4 is 6.21 Å². The zero-order chi connectivity index (χ0) is 7.82. The van der Waals surface area contributed by atoms with Crippen molar-refractivity contribution in [1.82, 2.24) is 0 Å². The second-order valence-electron chi connectivity index (χ2n) is 2.22. The summed E-state index contributed by atoms with van der Waals surface area (Å²) in [6, 6.07) is 0. The van der Waals surface area contributed by atoms with Crippen molar-refractivity contribution in [2.24, 2.45) is 4.99 Å². The molecule has 0 rings (SSSR count). The van der Waals surface area contributed by atoms with E-state index in [1.807, 2.05) is 13.1 Å². The molecule has 0 aliphatic heterocycles. The van der Waals surface area contributed by atoms with Gasteiger partial charge in [0.1, 0.15) is 0 Å². The van der Waals surface area contributed by atoms with Crippen LogP contribution in [0.15, 0.2) is 16.8 Å². The molecule has 0 aromatic carbocycles. The highest BCUT2D eigenvalue weighted by atomic mass is 14.7. The molecule has 1 nitrogen and oxygen atoms in total. The van der Waals surface area contributed by atoms with Crippen LogP contribution in [0.1, 0.15) is 40.0 Å². The summed E-state index contributed by atoms with van der Waals surface area (Å²) in [6.07, 6.45) is 7.47. The predicted octanol–water partition coefficient (Wildman–Crippen LogP) is 3.17. The summed E-state index contributed by atoms with van der Waals surface area (Å²) >= 11 is 0. The minimum absolute atomic E-state index is 1.05. The van der Waals surface area contributed by atoms with Gasteiger partial charge in [-0.05, 0) is 19.8 Å². The molecule has 0 aromatic heterocycles. The second kappa shape index (κ2) is 6.53. The fourth-order valence-corrected chi connectivity index (χ4v) is 0.765. The van der Waals surface area contributed by atoms with Crippen LogP contribution in [-0.2, 0) is 0 Å². The van der Waals surface area contributed by atoms with Crippen LogP contribution in [-0.4, -0.2) is 6.21 Å². The first-order valence-electron chi connectivity index (χ1n) is 4.02. The molecule has 0 atom stereocenters. The summed E-state index contributed by atoms with van der Waals surface area (Å²) in [5.74, 6) is 0. The molecule has 0 N–H and O–H groups in total. The van der Waals surface area contributed by atoms with Gasteiger partial charge >= 0.3 is 0 Å². The Morgan fingerprint density at radius 2 is 2.10 bits per heavy atom. The van der Waals surface area contributed by atoms with Crippen molar-refractivity contribution in [1.29, 1.82) is 0 Å². The quantitative estimate of drug-likeness (QED) is 0.530.